The average molecular weight is 290 g/mol. The van der Waals surface area contributed by atoms with Gasteiger partial charge in [0.05, 0.1) is 5.56 Å². The van der Waals surface area contributed by atoms with Gasteiger partial charge in [-0.15, -0.1) is 0 Å². The van der Waals surface area contributed by atoms with Gasteiger partial charge in [-0.1, -0.05) is 12.1 Å². The average Bonchev–Trinajstić information content (AvgIpc) is 2.48. The summed E-state index contributed by atoms with van der Waals surface area (Å²) < 4.78 is 39.2. The second-order valence-corrected chi connectivity index (χ2v) is 4.70. The molecule has 1 N–H and O–H groups in total. The largest absolute Gasteiger partial charge is 0.306 e. The number of hydrogen-bond acceptors (Lipinski definition) is 2. The Morgan fingerprint density at radius 1 is 1.05 bits per heavy atom. The zero-order valence-corrected chi connectivity index (χ0v) is 11.3. The summed E-state index contributed by atoms with van der Waals surface area (Å²) in [4.78, 5) is 0. The Kier molecular flexibility index (Phi) is 4.61. The third-order valence-corrected chi connectivity index (χ3v) is 3.21. The number of nitrogens with one attached hydrogen (secondary N) is 1. The molecule has 0 aliphatic carbocycles. The maximum atomic E-state index is 13.2. The Bertz CT molecular complexity index is 692. The van der Waals surface area contributed by atoms with Gasteiger partial charge >= 0.3 is 0 Å². The molecule has 0 amide bonds. The van der Waals surface area contributed by atoms with Crippen molar-refractivity contribution >= 4 is 0 Å². The van der Waals surface area contributed by atoms with E-state index >= 15 is 0 Å². The van der Waals surface area contributed by atoms with E-state index < -0.39 is 17.5 Å². The van der Waals surface area contributed by atoms with E-state index in [4.69, 9.17) is 5.26 Å². The molecule has 0 saturated carbocycles. The van der Waals surface area contributed by atoms with Crippen molar-refractivity contribution in [1.82, 2.24) is 5.32 Å². The first kappa shape index (κ1) is 15.1. The molecule has 2 aromatic rings. The lowest BCUT2D eigenvalue weighted by Crippen LogP contribution is -2.18. The molecule has 0 aromatic heterocycles. The number of rotatable bonds is 4. The number of nitrogens with zero attached hydrogens (tertiary/aromatic N) is 1. The summed E-state index contributed by atoms with van der Waals surface area (Å²) in [6.07, 6.45) is 0. The lowest BCUT2D eigenvalue weighted by molar-refractivity contribution is 0.500. The van der Waals surface area contributed by atoms with Gasteiger partial charge in [-0.05, 0) is 42.3 Å². The molecule has 0 spiro atoms. The van der Waals surface area contributed by atoms with Crippen molar-refractivity contribution in [3.8, 4) is 6.07 Å². The Balaban J connectivity index is 2.05. The van der Waals surface area contributed by atoms with Crippen LogP contribution in [0.4, 0.5) is 13.2 Å². The Labute approximate surface area is 120 Å². The first-order valence-electron chi connectivity index (χ1n) is 6.38. The smallest absolute Gasteiger partial charge is 0.159 e. The van der Waals surface area contributed by atoms with Crippen LogP contribution in [0.25, 0.3) is 0 Å². The van der Waals surface area contributed by atoms with Crippen LogP contribution >= 0.6 is 0 Å². The molecule has 0 saturated heterocycles. The van der Waals surface area contributed by atoms with Gasteiger partial charge in [-0.3, -0.25) is 0 Å². The SMILES string of the molecule is CC(NCc1ccc(F)c(C#N)c1)c1ccc(F)c(F)c1. The standard InChI is InChI=1S/C16H13F3N2/c1-10(12-3-5-15(18)16(19)7-12)21-9-11-2-4-14(17)13(6-11)8-20/h2-7,10,21H,9H2,1H3. The van der Waals surface area contributed by atoms with Crippen LogP contribution in [0, 0.1) is 28.8 Å². The topological polar surface area (TPSA) is 35.8 Å². The quantitative estimate of drug-likeness (QED) is 0.929. The van der Waals surface area contributed by atoms with Crippen LogP contribution in [0.5, 0.6) is 0 Å². The van der Waals surface area contributed by atoms with Crippen LogP contribution in [0.3, 0.4) is 0 Å². The molecule has 0 radical (unpaired) electrons. The van der Waals surface area contributed by atoms with Crippen LogP contribution in [-0.4, -0.2) is 0 Å². The molecule has 21 heavy (non-hydrogen) atoms. The molecule has 2 rings (SSSR count). The van der Waals surface area contributed by atoms with Crippen LogP contribution < -0.4 is 5.32 Å². The number of nitriles is 1. The van der Waals surface area contributed by atoms with E-state index in [0.29, 0.717) is 12.1 Å². The van der Waals surface area contributed by atoms with Gasteiger partial charge in [0.25, 0.3) is 0 Å². The van der Waals surface area contributed by atoms with Gasteiger partial charge in [0.15, 0.2) is 11.6 Å². The molecule has 1 atom stereocenters. The maximum Gasteiger partial charge on any atom is 0.159 e. The fourth-order valence-corrected chi connectivity index (χ4v) is 1.94. The van der Waals surface area contributed by atoms with Crippen LogP contribution in [0.1, 0.15) is 29.7 Å². The summed E-state index contributed by atoms with van der Waals surface area (Å²) >= 11 is 0. The molecular weight excluding hydrogens is 277 g/mol. The Morgan fingerprint density at radius 2 is 1.76 bits per heavy atom. The molecule has 0 aliphatic heterocycles. The normalized spacial score (nSPS) is 12.0. The molecule has 2 nitrogen and oxygen atoms in total. The fraction of sp³-hybridized carbons (Fsp3) is 0.188. The highest BCUT2D eigenvalue weighted by Crippen LogP contribution is 2.17. The number of benzene rings is 2. The maximum absolute atomic E-state index is 13.2. The van der Waals surface area contributed by atoms with Crippen molar-refractivity contribution < 1.29 is 13.2 Å². The predicted molar refractivity (Wildman–Crippen MR) is 72.7 cm³/mol. The van der Waals surface area contributed by atoms with E-state index in [-0.39, 0.29) is 11.6 Å². The monoisotopic (exact) mass is 290 g/mol. The van der Waals surface area contributed by atoms with E-state index in [2.05, 4.69) is 5.32 Å². The molecule has 5 heteroatoms. The highest BCUT2D eigenvalue weighted by Gasteiger charge is 2.09. The fourth-order valence-electron chi connectivity index (χ4n) is 1.94. The molecule has 0 fully saturated rings. The molecule has 1 unspecified atom stereocenters. The van der Waals surface area contributed by atoms with E-state index in [1.807, 2.05) is 0 Å². The first-order chi connectivity index (χ1) is 10.0. The van der Waals surface area contributed by atoms with Crippen molar-refractivity contribution in [3.05, 3.63) is 70.5 Å². The summed E-state index contributed by atoms with van der Waals surface area (Å²) in [5.41, 5.74) is 1.33. The van der Waals surface area contributed by atoms with E-state index in [1.165, 1.54) is 18.2 Å². The van der Waals surface area contributed by atoms with Crippen molar-refractivity contribution in [2.24, 2.45) is 0 Å². The second-order valence-electron chi connectivity index (χ2n) is 4.70. The minimum Gasteiger partial charge on any atom is -0.306 e. The van der Waals surface area contributed by atoms with Gasteiger partial charge in [-0.25, -0.2) is 13.2 Å². The highest BCUT2D eigenvalue weighted by atomic mass is 19.2. The summed E-state index contributed by atoms with van der Waals surface area (Å²) in [6, 6.07) is 9.54. The third kappa shape index (κ3) is 3.61. The molecular formula is C16H13F3N2. The third-order valence-electron chi connectivity index (χ3n) is 3.21. The lowest BCUT2D eigenvalue weighted by Gasteiger charge is -2.14. The highest BCUT2D eigenvalue weighted by molar-refractivity contribution is 5.34. The van der Waals surface area contributed by atoms with E-state index in [0.717, 1.165) is 17.7 Å². The van der Waals surface area contributed by atoms with Crippen molar-refractivity contribution in [2.75, 3.05) is 0 Å². The summed E-state index contributed by atoms with van der Waals surface area (Å²) in [5.74, 6) is -2.34. The number of hydrogen-bond donors (Lipinski definition) is 1. The molecule has 0 bridgehead atoms. The summed E-state index contributed by atoms with van der Waals surface area (Å²) in [5, 5.41) is 11.9. The molecule has 0 aliphatic rings. The minimum atomic E-state index is -0.894. The van der Waals surface area contributed by atoms with Crippen molar-refractivity contribution in [2.45, 2.75) is 19.5 Å². The first-order valence-corrected chi connectivity index (χ1v) is 6.38. The van der Waals surface area contributed by atoms with E-state index in [1.54, 1.807) is 19.1 Å². The van der Waals surface area contributed by atoms with E-state index in [9.17, 15) is 13.2 Å². The zero-order valence-electron chi connectivity index (χ0n) is 11.3. The summed E-state index contributed by atoms with van der Waals surface area (Å²) in [7, 11) is 0. The lowest BCUT2D eigenvalue weighted by atomic mass is 10.1. The molecule has 108 valence electrons. The number of halogens is 3. The Hall–Kier alpha value is -2.32. The van der Waals surface area contributed by atoms with Crippen molar-refractivity contribution in [1.29, 1.82) is 5.26 Å². The Morgan fingerprint density at radius 3 is 2.43 bits per heavy atom. The zero-order chi connectivity index (χ0) is 15.4. The van der Waals surface area contributed by atoms with Gasteiger partial charge in [-0.2, -0.15) is 5.26 Å². The van der Waals surface area contributed by atoms with Gasteiger partial charge < -0.3 is 5.32 Å². The minimum absolute atomic E-state index is 0.0187. The van der Waals surface area contributed by atoms with Gasteiger partial charge in [0.2, 0.25) is 0 Å². The van der Waals surface area contributed by atoms with Crippen LogP contribution in [0.15, 0.2) is 36.4 Å². The predicted octanol–water partition coefficient (Wildman–Crippen LogP) is 3.83. The van der Waals surface area contributed by atoms with Crippen molar-refractivity contribution in [3.63, 3.8) is 0 Å². The van der Waals surface area contributed by atoms with Gasteiger partial charge in [0, 0.05) is 12.6 Å². The van der Waals surface area contributed by atoms with Crippen LogP contribution in [-0.2, 0) is 6.54 Å². The second kappa shape index (κ2) is 6.42. The molecule has 2 aromatic carbocycles. The van der Waals surface area contributed by atoms with Gasteiger partial charge in [0.1, 0.15) is 11.9 Å². The summed E-state index contributed by atoms with van der Waals surface area (Å²) in [6.45, 7) is 2.19. The van der Waals surface area contributed by atoms with Crippen LogP contribution in [0.2, 0.25) is 0 Å². The molecule has 0 heterocycles.